The van der Waals surface area contributed by atoms with Gasteiger partial charge in [-0.15, -0.1) is 0 Å². The van der Waals surface area contributed by atoms with Crippen LogP contribution in [0.2, 0.25) is 0 Å². The quantitative estimate of drug-likeness (QED) is 0.704. The van der Waals surface area contributed by atoms with Crippen LogP contribution < -0.4 is 10.6 Å². The molecule has 3 unspecified atom stereocenters. The minimum atomic E-state index is 0.0672. The Morgan fingerprint density at radius 1 is 1.60 bits per heavy atom. The molecular weight excluding hydrogens is 192 g/mol. The molecule has 1 heterocycles. The summed E-state index contributed by atoms with van der Waals surface area (Å²) in [5, 5.41) is 6.28. The van der Waals surface area contributed by atoms with Crippen molar-refractivity contribution in [2.24, 2.45) is 5.92 Å². The average molecular weight is 212 g/mol. The highest BCUT2D eigenvalue weighted by molar-refractivity contribution is 5.77. The second kappa shape index (κ2) is 4.94. The van der Waals surface area contributed by atoms with E-state index in [1.807, 2.05) is 0 Å². The van der Waals surface area contributed by atoms with E-state index in [-0.39, 0.29) is 12.0 Å². The summed E-state index contributed by atoms with van der Waals surface area (Å²) in [5.74, 6) is 0.865. The van der Waals surface area contributed by atoms with Crippen LogP contribution in [0.4, 0.5) is 0 Å². The van der Waals surface area contributed by atoms with Crippen molar-refractivity contribution in [1.82, 2.24) is 10.6 Å². The molecule has 2 fully saturated rings. The lowest BCUT2D eigenvalue weighted by Crippen LogP contribution is -2.41. The summed E-state index contributed by atoms with van der Waals surface area (Å²) in [5.41, 5.74) is 0. The van der Waals surface area contributed by atoms with Crippen molar-refractivity contribution in [1.29, 1.82) is 0 Å². The fraction of sp³-hybridized carbons (Fsp3) is 0.909. The van der Waals surface area contributed by atoms with Crippen molar-refractivity contribution in [3.8, 4) is 0 Å². The lowest BCUT2D eigenvalue weighted by atomic mass is 10.2. The predicted octanol–water partition coefficient (Wildman–Crippen LogP) is 0.280. The van der Waals surface area contributed by atoms with Crippen LogP contribution in [-0.4, -0.2) is 37.7 Å². The zero-order chi connectivity index (χ0) is 10.7. The van der Waals surface area contributed by atoms with Crippen molar-refractivity contribution in [2.45, 2.75) is 38.3 Å². The molecule has 1 saturated heterocycles. The first kappa shape index (κ1) is 10.9. The molecular formula is C11H20N2O2. The Bertz CT molecular complexity index is 227. The molecule has 4 heteroatoms. The number of carbonyl (C=O) groups excluding carboxylic acids is 1. The summed E-state index contributed by atoms with van der Waals surface area (Å²) >= 11 is 0. The zero-order valence-electron chi connectivity index (χ0n) is 9.29. The van der Waals surface area contributed by atoms with Gasteiger partial charge in [0.1, 0.15) is 0 Å². The molecule has 1 amide bonds. The predicted molar refractivity (Wildman–Crippen MR) is 57.6 cm³/mol. The first-order valence-electron chi connectivity index (χ1n) is 5.91. The fourth-order valence-corrected chi connectivity index (χ4v) is 2.10. The smallest absolute Gasteiger partial charge is 0.222 e. The molecule has 0 aromatic carbocycles. The Morgan fingerprint density at radius 3 is 3.07 bits per heavy atom. The highest BCUT2D eigenvalue weighted by atomic mass is 16.5. The van der Waals surface area contributed by atoms with E-state index in [4.69, 9.17) is 4.74 Å². The number of hydrogen-bond acceptors (Lipinski definition) is 3. The molecule has 2 aliphatic rings. The standard InChI is InChI=1S/C11H20N2O2/c1-2-8-5-10(8)13-11(14)6-9-7-12-3-4-15-9/h8-10,12H,2-7H2,1H3,(H,13,14). The van der Waals surface area contributed by atoms with Crippen molar-refractivity contribution in [2.75, 3.05) is 19.7 Å². The van der Waals surface area contributed by atoms with E-state index in [0.29, 0.717) is 12.5 Å². The SMILES string of the molecule is CCC1CC1NC(=O)CC1CNCCO1. The van der Waals surface area contributed by atoms with Crippen molar-refractivity contribution in [3.63, 3.8) is 0 Å². The molecule has 1 saturated carbocycles. The molecule has 0 spiro atoms. The summed E-state index contributed by atoms with van der Waals surface area (Å²) < 4.78 is 5.48. The Hall–Kier alpha value is -0.610. The second-order valence-corrected chi connectivity index (χ2v) is 4.48. The minimum absolute atomic E-state index is 0.0672. The van der Waals surface area contributed by atoms with Gasteiger partial charge >= 0.3 is 0 Å². The van der Waals surface area contributed by atoms with Gasteiger partial charge in [0.25, 0.3) is 0 Å². The van der Waals surface area contributed by atoms with E-state index in [2.05, 4.69) is 17.6 Å². The van der Waals surface area contributed by atoms with Gasteiger partial charge in [-0.05, 0) is 12.3 Å². The Kier molecular flexibility index (Phi) is 3.59. The van der Waals surface area contributed by atoms with E-state index < -0.39 is 0 Å². The lowest BCUT2D eigenvalue weighted by Gasteiger charge is -2.23. The van der Waals surface area contributed by atoms with Gasteiger partial charge in [0.2, 0.25) is 5.91 Å². The Balaban J connectivity index is 1.64. The lowest BCUT2D eigenvalue weighted by molar-refractivity contribution is -0.124. The number of ether oxygens (including phenoxy) is 1. The maximum atomic E-state index is 11.6. The first-order chi connectivity index (χ1) is 7.29. The molecule has 1 aliphatic heterocycles. The van der Waals surface area contributed by atoms with Crippen LogP contribution in [0.15, 0.2) is 0 Å². The normalized spacial score (nSPS) is 34.9. The summed E-state index contributed by atoms with van der Waals surface area (Å²) in [4.78, 5) is 11.6. The van der Waals surface area contributed by atoms with Crippen LogP contribution in [0.25, 0.3) is 0 Å². The number of nitrogens with one attached hydrogen (secondary N) is 2. The highest BCUT2D eigenvalue weighted by Gasteiger charge is 2.36. The van der Waals surface area contributed by atoms with Crippen LogP contribution >= 0.6 is 0 Å². The largest absolute Gasteiger partial charge is 0.375 e. The zero-order valence-corrected chi connectivity index (χ0v) is 9.29. The summed E-state index contributed by atoms with van der Waals surface area (Å²) in [6.45, 7) is 4.60. The number of rotatable bonds is 4. The molecule has 86 valence electrons. The van der Waals surface area contributed by atoms with Gasteiger partial charge in [-0.3, -0.25) is 4.79 Å². The molecule has 2 rings (SSSR count). The van der Waals surface area contributed by atoms with Gasteiger partial charge in [-0.2, -0.15) is 0 Å². The summed E-state index contributed by atoms with van der Waals surface area (Å²) in [7, 11) is 0. The van der Waals surface area contributed by atoms with Gasteiger partial charge in [0.15, 0.2) is 0 Å². The van der Waals surface area contributed by atoms with E-state index in [0.717, 1.165) is 32.0 Å². The van der Waals surface area contributed by atoms with Crippen molar-refractivity contribution >= 4 is 5.91 Å². The van der Waals surface area contributed by atoms with Crippen LogP contribution in [0, 0.1) is 5.92 Å². The number of amides is 1. The van der Waals surface area contributed by atoms with Crippen LogP contribution in [0.1, 0.15) is 26.2 Å². The van der Waals surface area contributed by atoms with Gasteiger partial charge in [-0.1, -0.05) is 13.3 Å². The molecule has 2 N–H and O–H groups in total. The van der Waals surface area contributed by atoms with Crippen LogP contribution in [0.3, 0.4) is 0 Å². The maximum Gasteiger partial charge on any atom is 0.222 e. The average Bonchev–Trinajstić information content (AvgIpc) is 2.97. The number of morpholine rings is 1. The Labute approximate surface area is 90.8 Å². The van der Waals surface area contributed by atoms with E-state index in [9.17, 15) is 4.79 Å². The van der Waals surface area contributed by atoms with Gasteiger partial charge in [-0.25, -0.2) is 0 Å². The molecule has 3 atom stereocenters. The van der Waals surface area contributed by atoms with Gasteiger partial charge < -0.3 is 15.4 Å². The highest BCUT2D eigenvalue weighted by Crippen LogP contribution is 2.33. The van der Waals surface area contributed by atoms with E-state index >= 15 is 0 Å². The minimum Gasteiger partial charge on any atom is -0.375 e. The first-order valence-corrected chi connectivity index (χ1v) is 5.91. The monoisotopic (exact) mass is 212 g/mol. The second-order valence-electron chi connectivity index (χ2n) is 4.48. The third-order valence-corrected chi connectivity index (χ3v) is 3.21. The molecule has 0 radical (unpaired) electrons. The fourth-order valence-electron chi connectivity index (χ4n) is 2.10. The summed E-state index contributed by atoms with van der Waals surface area (Å²) in [6.07, 6.45) is 2.90. The summed E-state index contributed by atoms with van der Waals surface area (Å²) in [6, 6.07) is 0.444. The van der Waals surface area contributed by atoms with E-state index in [1.165, 1.54) is 6.42 Å². The van der Waals surface area contributed by atoms with E-state index in [1.54, 1.807) is 0 Å². The third kappa shape index (κ3) is 3.18. The topological polar surface area (TPSA) is 50.4 Å². The van der Waals surface area contributed by atoms with Gasteiger partial charge in [0, 0.05) is 19.1 Å². The van der Waals surface area contributed by atoms with Crippen LogP contribution in [-0.2, 0) is 9.53 Å². The Morgan fingerprint density at radius 2 is 2.47 bits per heavy atom. The molecule has 0 bridgehead atoms. The molecule has 0 aromatic rings. The molecule has 15 heavy (non-hydrogen) atoms. The van der Waals surface area contributed by atoms with Crippen LogP contribution in [0.5, 0.6) is 0 Å². The number of hydrogen-bond donors (Lipinski definition) is 2. The van der Waals surface area contributed by atoms with Gasteiger partial charge in [0.05, 0.1) is 19.1 Å². The molecule has 1 aliphatic carbocycles. The molecule has 0 aromatic heterocycles. The maximum absolute atomic E-state index is 11.6. The van der Waals surface area contributed by atoms with Crippen molar-refractivity contribution < 1.29 is 9.53 Å². The van der Waals surface area contributed by atoms with Crippen molar-refractivity contribution in [3.05, 3.63) is 0 Å². The number of carbonyl (C=O) groups is 1. The third-order valence-electron chi connectivity index (χ3n) is 3.21. The molecule has 4 nitrogen and oxygen atoms in total.